The average molecular weight is 263 g/mol. The summed E-state index contributed by atoms with van der Waals surface area (Å²) in [6.45, 7) is 9.16. The van der Waals surface area contributed by atoms with E-state index in [9.17, 15) is 0 Å². The molecule has 0 atom stereocenters. The Morgan fingerprint density at radius 2 is 2.17 bits per heavy atom. The van der Waals surface area contributed by atoms with Crippen LogP contribution in [0.15, 0.2) is 17.5 Å². The van der Waals surface area contributed by atoms with Gasteiger partial charge in [0.15, 0.2) is 0 Å². The van der Waals surface area contributed by atoms with Gasteiger partial charge >= 0.3 is 0 Å². The highest BCUT2D eigenvalue weighted by Gasteiger charge is 2.05. The van der Waals surface area contributed by atoms with Gasteiger partial charge in [-0.2, -0.15) is 5.10 Å². The van der Waals surface area contributed by atoms with Crippen LogP contribution in [-0.2, 0) is 26.1 Å². The number of rotatable bonds is 6. The molecule has 18 heavy (non-hydrogen) atoms. The summed E-state index contributed by atoms with van der Waals surface area (Å²) in [7, 11) is 0. The fourth-order valence-electron chi connectivity index (χ4n) is 2.16. The second-order valence-corrected chi connectivity index (χ2v) is 5.42. The number of thiophene rings is 1. The molecule has 2 rings (SSSR count). The fraction of sp³-hybridized carbons (Fsp3) is 0.500. The van der Waals surface area contributed by atoms with Gasteiger partial charge in [-0.3, -0.25) is 4.68 Å². The highest BCUT2D eigenvalue weighted by atomic mass is 32.1. The van der Waals surface area contributed by atoms with E-state index < -0.39 is 0 Å². The number of aryl methyl sites for hydroxylation is 3. The van der Waals surface area contributed by atoms with Crippen LogP contribution < -0.4 is 5.32 Å². The summed E-state index contributed by atoms with van der Waals surface area (Å²) in [5, 5.41) is 10.2. The van der Waals surface area contributed by atoms with E-state index in [2.05, 4.69) is 46.5 Å². The van der Waals surface area contributed by atoms with Crippen molar-refractivity contribution in [2.75, 3.05) is 0 Å². The second kappa shape index (κ2) is 6.16. The molecule has 0 bridgehead atoms. The molecule has 0 radical (unpaired) electrons. The van der Waals surface area contributed by atoms with Crippen LogP contribution >= 0.6 is 11.3 Å². The monoisotopic (exact) mass is 263 g/mol. The van der Waals surface area contributed by atoms with Gasteiger partial charge in [-0.25, -0.2) is 0 Å². The minimum atomic E-state index is 0.885. The Balaban J connectivity index is 1.92. The first-order valence-corrected chi connectivity index (χ1v) is 7.41. The lowest BCUT2D eigenvalue weighted by Gasteiger charge is -2.07. The van der Waals surface area contributed by atoms with Crippen molar-refractivity contribution in [1.82, 2.24) is 15.1 Å². The SMILES string of the molecule is CCc1ccsc1CNCc1cc(C)nn1CC. The fourth-order valence-corrected chi connectivity index (χ4v) is 3.10. The molecule has 0 aromatic carbocycles. The lowest BCUT2D eigenvalue weighted by atomic mass is 10.2. The van der Waals surface area contributed by atoms with Crippen LogP contribution in [0, 0.1) is 6.92 Å². The standard InChI is InChI=1S/C14H21N3S/c1-4-12-6-7-18-14(12)10-15-9-13-8-11(3)16-17(13)5-2/h6-8,15H,4-5,9-10H2,1-3H3. The average Bonchev–Trinajstić information content (AvgIpc) is 2.95. The molecule has 2 aromatic rings. The second-order valence-electron chi connectivity index (χ2n) is 4.42. The summed E-state index contributed by atoms with van der Waals surface area (Å²) in [4.78, 5) is 1.46. The maximum Gasteiger partial charge on any atom is 0.0597 e. The first-order chi connectivity index (χ1) is 8.74. The highest BCUT2D eigenvalue weighted by molar-refractivity contribution is 7.10. The lowest BCUT2D eigenvalue weighted by molar-refractivity contribution is 0.580. The highest BCUT2D eigenvalue weighted by Crippen LogP contribution is 2.17. The van der Waals surface area contributed by atoms with Crippen LogP contribution in [-0.4, -0.2) is 9.78 Å². The molecule has 2 heterocycles. The van der Waals surface area contributed by atoms with E-state index in [-0.39, 0.29) is 0 Å². The Morgan fingerprint density at radius 1 is 1.33 bits per heavy atom. The van der Waals surface area contributed by atoms with E-state index in [0.29, 0.717) is 0 Å². The van der Waals surface area contributed by atoms with Gasteiger partial charge in [-0.1, -0.05) is 6.92 Å². The summed E-state index contributed by atoms with van der Waals surface area (Å²) < 4.78 is 2.07. The Bertz CT molecular complexity index is 499. The van der Waals surface area contributed by atoms with Crippen LogP contribution in [0.1, 0.15) is 35.7 Å². The van der Waals surface area contributed by atoms with E-state index in [1.54, 1.807) is 0 Å². The maximum atomic E-state index is 4.46. The number of hydrogen-bond acceptors (Lipinski definition) is 3. The third-order valence-corrected chi connectivity index (χ3v) is 4.06. The van der Waals surface area contributed by atoms with E-state index in [1.165, 1.54) is 16.1 Å². The molecular formula is C14H21N3S. The zero-order valence-corrected chi connectivity index (χ0v) is 12.2. The third kappa shape index (κ3) is 3.00. The van der Waals surface area contributed by atoms with E-state index >= 15 is 0 Å². The van der Waals surface area contributed by atoms with Crippen LogP contribution in [0.25, 0.3) is 0 Å². The normalized spacial score (nSPS) is 11.1. The number of aromatic nitrogens is 2. The van der Waals surface area contributed by atoms with Gasteiger partial charge in [-0.05, 0) is 43.3 Å². The lowest BCUT2D eigenvalue weighted by Crippen LogP contribution is -2.16. The van der Waals surface area contributed by atoms with E-state index in [0.717, 1.165) is 31.7 Å². The van der Waals surface area contributed by atoms with E-state index in [1.807, 2.05) is 18.3 Å². The Hall–Kier alpha value is -1.13. The first-order valence-electron chi connectivity index (χ1n) is 6.53. The van der Waals surface area contributed by atoms with Crippen molar-refractivity contribution in [1.29, 1.82) is 0 Å². The number of nitrogens with one attached hydrogen (secondary N) is 1. The van der Waals surface area contributed by atoms with Crippen molar-refractivity contribution >= 4 is 11.3 Å². The van der Waals surface area contributed by atoms with Gasteiger partial charge in [0.05, 0.1) is 11.4 Å². The molecule has 4 heteroatoms. The predicted octanol–water partition coefficient (Wildman–Crippen LogP) is 3.13. The summed E-state index contributed by atoms with van der Waals surface area (Å²) >= 11 is 1.84. The van der Waals surface area contributed by atoms with Crippen molar-refractivity contribution < 1.29 is 0 Å². The van der Waals surface area contributed by atoms with E-state index in [4.69, 9.17) is 0 Å². The van der Waals surface area contributed by atoms with Crippen LogP contribution in [0.2, 0.25) is 0 Å². The van der Waals surface area contributed by atoms with Crippen LogP contribution in [0.3, 0.4) is 0 Å². The number of nitrogens with zero attached hydrogens (tertiary/aromatic N) is 2. The summed E-state index contributed by atoms with van der Waals surface area (Å²) in [5.74, 6) is 0. The molecule has 0 fully saturated rings. The molecule has 0 saturated carbocycles. The molecule has 0 amide bonds. The third-order valence-electron chi connectivity index (χ3n) is 3.10. The number of hydrogen-bond donors (Lipinski definition) is 1. The zero-order valence-electron chi connectivity index (χ0n) is 11.4. The van der Waals surface area contributed by atoms with Gasteiger partial charge < -0.3 is 5.32 Å². The van der Waals surface area contributed by atoms with Gasteiger partial charge in [0, 0.05) is 24.5 Å². The topological polar surface area (TPSA) is 29.9 Å². The summed E-state index contributed by atoms with van der Waals surface area (Å²) in [6.07, 6.45) is 1.12. The molecule has 98 valence electrons. The van der Waals surface area contributed by atoms with Gasteiger partial charge in [0.25, 0.3) is 0 Å². The minimum absolute atomic E-state index is 0.885. The predicted molar refractivity (Wildman–Crippen MR) is 76.9 cm³/mol. The van der Waals surface area contributed by atoms with Crippen LogP contribution in [0.5, 0.6) is 0 Å². The molecule has 1 N–H and O–H groups in total. The van der Waals surface area contributed by atoms with Gasteiger partial charge in [0.1, 0.15) is 0 Å². The van der Waals surface area contributed by atoms with Crippen molar-refractivity contribution in [3.8, 4) is 0 Å². The molecule has 0 aliphatic rings. The molecule has 0 spiro atoms. The van der Waals surface area contributed by atoms with Gasteiger partial charge in [-0.15, -0.1) is 11.3 Å². The first kappa shape index (κ1) is 13.3. The Morgan fingerprint density at radius 3 is 2.89 bits per heavy atom. The Labute approximate surface area is 113 Å². The van der Waals surface area contributed by atoms with Gasteiger partial charge in [0.2, 0.25) is 0 Å². The summed E-state index contributed by atoms with van der Waals surface area (Å²) in [5.41, 5.74) is 3.83. The van der Waals surface area contributed by atoms with Crippen LogP contribution in [0.4, 0.5) is 0 Å². The quantitative estimate of drug-likeness (QED) is 0.868. The largest absolute Gasteiger partial charge is 0.306 e. The minimum Gasteiger partial charge on any atom is -0.306 e. The van der Waals surface area contributed by atoms with Crippen molar-refractivity contribution in [2.24, 2.45) is 0 Å². The molecule has 0 aliphatic carbocycles. The maximum absolute atomic E-state index is 4.46. The molecule has 2 aromatic heterocycles. The zero-order chi connectivity index (χ0) is 13.0. The Kier molecular flexibility index (Phi) is 4.55. The van der Waals surface area contributed by atoms with Crippen molar-refractivity contribution in [2.45, 2.75) is 46.8 Å². The molecule has 0 unspecified atom stereocenters. The summed E-state index contributed by atoms with van der Waals surface area (Å²) in [6, 6.07) is 4.38. The molecule has 0 aliphatic heterocycles. The van der Waals surface area contributed by atoms with Crippen molar-refractivity contribution in [3.63, 3.8) is 0 Å². The molecule has 0 saturated heterocycles. The van der Waals surface area contributed by atoms with Crippen molar-refractivity contribution in [3.05, 3.63) is 39.3 Å². The molecule has 3 nitrogen and oxygen atoms in total. The smallest absolute Gasteiger partial charge is 0.0597 e. The molecular weight excluding hydrogens is 242 g/mol.